The predicted molar refractivity (Wildman–Crippen MR) is 53.6 cm³/mol. The van der Waals surface area contributed by atoms with Gasteiger partial charge in [-0.1, -0.05) is 13.8 Å². The van der Waals surface area contributed by atoms with Crippen LogP contribution in [-0.2, 0) is 14.3 Å². The minimum atomic E-state index is -0.275. The Labute approximate surface area is 85.1 Å². The van der Waals surface area contributed by atoms with E-state index in [2.05, 4.69) is 13.8 Å². The van der Waals surface area contributed by atoms with E-state index in [9.17, 15) is 4.79 Å². The molecule has 1 aliphatic rings. The number of carbonyl (C=O) groups excluding carboxylic acids is 1. The van der Waals surface area contributed by atoms with Crippen molar-refractivity contribution in [1.82, 2.24) is 0 Å². The van der Waals surface area contributed by atoms with Crippen molar-refractivity contribution in [3.8, 4) is 0 Å². The highest BCUT2D eigenvalue weighted by Crippen LogP contribution is 2.32. The van der Waals surface area contributed by atoms with Crippen LogP contribution in [0.5, 0.6) is 0 Å². The second-order valence-corrected chi connectivity index (χ2v) is 3.77. The van der Waals surface area contributed by atoms with Crippen LogP contribution >= 0.6 is 0 Å². The normalized spacial score (nSPS) is 31.7. The first-order valence-electron chi connectivity index (χ1n) is 5.05. The summed E-state index contributed by atoms with van der Waals surface area (Å²) in [4.78, 5) is 11.4. The lowest BCUT2D eigenvalue weighted by Gasteiger charge is -2.33. The van der Waals surface area contributed by atoms with Crippen LogP contribution in [0.25, 0.3) is 0 Å². The predicted octanol–water partition coefficient (Wildman–Crippen LogP) is 2.12. The Morgan fingerprint density at radius 2 is 2.21 bits per heavy atom. The van der Waals surface area contributed by atoms with E-state index in [1.165, 1.54) is 7.11 Å². The second-order valence-electron chi connectivity index (χ2n) is 3.77. The number of hydrogen-bond acceptors (Lipinski definition) is 3. The topological polar surface area (TPSA) is 35.5 Å². The summed E-state index contributed by atoms with van der Waals surface area (Å²) < 4.78 is 10.1. The van der Waals surface area contributed by atoms with Crippen molar-refractivity contribution in [2.75, 3.05) is 7.11 Å². The molecule has 0 spiro atoms. The molecule has 1 aliphatic heterocycles. The molecular formula is C11H18O3. The highest BCUT2D eigenvalue weighted by atomic mass is 16.5. The highest BCUT2D eigenvalue weighted by Gasteiger charge is 2.33. The monoisotopic (exact) mass is 198 g/mol. The van der Waals surface area contributed by atoms with E-state index < -0.39 is 0 Å². The Kier molecular flexibility index (Phi) is 3.55. The van der Waals surface area contributed by atoms with Crippen LogP contribution < -0.4 is 0 Å². The van der Waals surface area contributed by atoms with Gasteiger partial charge in [0.15, 0.2) is 0 Å². The van der Waals surface area contributed by atoms with Gasteiger partial charge in [-0.3, -0.25) is 0 Å². The number of esters is 1. The molecule has 0 saturated heterocycles. The van der Waals surface area contributed by atoms with Gasteiger partial charge in [-0.15, -0.1) is 0 Å². The van der Waals surface area contributed by atoms with E-state index in [0.717, 1.165) is 6.42 Å². The molecule has 1 rings (SSSR count). The quantitative estimate of drug-likeness (QED) is 0.637. The fourth-order valence-corrected chi connectivity index (χ4v) is 2.06. The largest absolute Gasteiger partial charge is 0.497 e. The molecule has 3 unspecified atom stereocenters. The molecule has 0 radical (unpaired) electrons. The van der Waals surface area contributed by atoms with Crippen LogP contribution in [0, 0.1) is 11.8 Å². The SMILES string of the molecule is CCC1C(C)OC=C(C(=O)OC)C1C. The molecule has 3 heteroatoms. The van der Waals surface area contributed by atoms with Crippen molar-refractivity contribution in [3.63, 3.8) is 0 Å². The van der Waals surface area contributed by atoms with Crippen molar-refractivity contribution >= 4 is 5.97 Å². The maximum Gasteiger partial charge on any atom is 0.337 e. The fraction of sp³-hybridized carbons (Fsp3) is 0.727. The maximum atomic E-state index is 11.4. The maximum absolute atomic E-state index is 11.4. The molecule has 80 valence electrons. The van der Waals surface area contributed by atoms with Crippen LogP contribution in [0.4, 0.5) is 0 Å². The molecule has 0 aromatic rings. The first-order chi connectivity index (χ1) is 6.61. The molecule has 0 saturated carbocycles. The molecule has 3 nitrogen and oxygen atoms in total. The minimum absolute atomic E-state index is 0.184. The van der Waals surface area contributed by atoms with Gasteiger partial charge >= 0.3 is 5.97 Å². The number of carbonyl (C=O) groups is 1. The molecule has 3 atom stereocenters. The van der Waals surface area contributed by atoms with Crippen LogP contribution in [0.3, 0.4) is 0 Å². The Morgan fingerprint density at radius 1 is 1.57 bits per heavy atom. The average molecular weight is 198 g/mol. The zero-order chi connectivity index (χ0) is 10.7. The third kappa shape index (κ3) is 1.91. The van der Waals surface area contributed by atoms with Gasteiger partial charge in [0, 0.05) is 5.92 Å². The van der Waals surface area contributed by atoms with E-state index in [1.807, 2.05) is 6.92 Å². The fourth-order valence-electron chi connectivity index (χ4n) is 2.06. The number of rotatable bonds is 2. The van der Waals surface area contributed by atoms with Gasteiger partial charge < -0.3 is 9.47 Å². The molecule has 0 bridgehead atoms. The summed E-state index contributed by atoms with van der Waals surface area (Å²) in [5, 5.41) is 0. The summed E-state index contributed by atoms with van der Waals surface area (Å²) in [6.07, 6.45) is 2.74. The van der Waals surface area contributed by atoms with E-state index in [0.29, 0.717) is 11.5 Å². The smallest absolute Gasteiger partial charge is 0.337 e. The van der Waals surface area contributed by atoms with Crippen LogP contribution in [-0.4, -0.2) is 19.2 Å². The van der Waals surface area contributed by atoms with Gasteiger partial charge in [0.2, 0.25) is 0 Å². The Bertz CT molecular complexity index is 245. The van der Waals surface area contributed by atoms with E-state index in [4.69, 9.17) is 9.47 Å². The zero-order valence-electron chi connectivity index (χ0n) is 9.24. The number of ether oxygens (including phenoxy) is 2. The zero-order valence-corrected chi connectivity index (χ0v) is 9.24. The van der Waals surface area contributed by atoms with Crippen molar-refractivity contribution in [2.45, 2.75) is 33.3 Å². The van der Waals surface area contributed by atoms with Crippen molar-refractivity contribution in [2.24, 2.45) is 11.8 Å². The second kappa shape index (κ2) is 4.49. The van der Waals surface area contributed by atoms with Crippen molar-refractivity contribution in [3.05, 3.63) is 11.8 Å². The van der Waals surface area contributed by atoms with Crippen LogP contribution in [0.15, 0.2) is 11.8 Å². The molecule has 0 amide bonds. The summed E-state index contributed by atoms with van der Waals surface area (Å²) in [6, 6.07) is 0. The van der Waals surface area contributed by atoms with Gasteiger partial charge in [-0.25, -0.2) is 4.79 Å². The van der Waals surface area contributed by atoms with E-state index in [-0.39, 0.29) is 18.0 Å². The Morgan fingerprint density at radius 3 is 2.71 bits per heavy atom. The first kappa shape index (κ1) is 11.1. The van der Waals surface area contributed by atoms with Gasteiger partial charge in [0.05, 0.1) is 25.0 Å². The van der Waals surface area contributed by atoms with E-state index in [1.54, 1.807) is 6.26 Å². The molecule has 0 aliphatic carbocycles. The summed E-state index contributed by atoms with van der Waals surface area (Å²) >= 11 is 0. The molecule has 0 aromatic carbocycles. The van der Waals surface area contributed by atoms with Gasteiger partial charge in [-0.05, 0) is 19.3 Å². The Balaban J connectivity index is 2.83. The van der Waals surface area contributed by atoms with E-state index >= 15 is 0 Å². The van der Waals surface area contributed by atoms with Crippen molar-refractivity contribution in [1.29, 1.82) is 0 Å². The molecule has 1 heterocycles. The molecular weight excluding hydrogens is 180 g/mol. The summed E-state index contributed by atoms with van der Waals surface area (Å²) in [7, 11) is 1.40. The lowest BCUT2D eigenvalue weighted by molar-refractivity contribution is -0.138. The van der Waals surface area contributed by atoms with Crippen molar-refractivity contribution < 1.29 is 14.3 Å². The first-order valence-corrected chi connectivity index (χ1v) is 5.05. The lowest BCUT2D eigenvalue weighted by Crippen LogP contribution is -2.32. The van der Waals surface area contributed by atoms with Gasteiger partial charge in [-0.2, -0.15) is 0 Å². The number of methoxy groups -OCH3 is 1. The molecule has 14 heavy (non-hydrogen) atoms. The minimum Gasteiger partial charge on any atom is -0.497 e. The average Bonchev–Trinajstić information content (AvgIpc) is 2.18. The third-order valence-electron chi connectivity index (χ3n) is 3.04. The van der Waals surface area contributed by atoms with Crippen LogP contribution in [0.1, 0.15) is 27.2 Å². The third-order valence-corrected chi connectivity index (χ3v) is 3.04. The summed E-state index contributed by atoms with van der Waals surface area (Å²) in [5.74, 6) is 0.341. The molecule has 0 N–H and O–H groups in total. The highest BCUT2D eigenvalue weighted by molar-refractivity contribution is 5.88. The summed E-state index contributed by atoms with van der Waals surface area (Å²) in [5.41, 5.74) is 0.650. The molecule has 0 fully saturated rings. The lowest BCUT2D eigenvalue weighted by atomic mass is 9.81. The van der Waals surface area contributed by atoms with Crippen LogP contribution in [0.2, 0.25) is 0 Å². The van der Waals surface area contributed by atoms with Gasteiger partial charge in [0.1, 0.15) is 0 Å². The summed E-state index contributed by atoms with van der Waals surface area (Å²) in [6.45, 7) is 6.20. The number of hydrogen-bond donors (Lipinski definition) is 0. The Hall–Kier alpha value is -0.990. The van der Waals surface area contributed by atoms with Gasteiger partial charge in [0.25, 0.3) is 0 Å². The molecule has 0 aromatic heterocycles. The standard InChI is InChI=1S/C11H18O3/c1-5-9-7(2)10(11(12)13-4)6-14-8(9)3/h6-9H,5H2,1-4H3.